The van der Waals surface area contributed by atoms with Crippen LogP contribution in [0.15, 0.2) is 42.5 Å². The molecule has 0 aromatic heterocycles. The van der Waals surface area contributed by atoms with Crippen LogP contribution in [0.2, 0.25) is 5.02 Å². The quantitative estimate of drug-likeness (QED) is 0.831. The molecule has 2 aromatic carbocycles. The first-order chi connectivity index (χ1) is 9.11. The Kier molecular flexibility index (Phi) is 3.84. The van der Waals surface area contributed by atoms with Gasteiger partial charge < -0.3 is 5.32 Å². The van der Waals surface area contributed by atoms with Gasteiger partial charge in [-0.1, -0.05) is 29.7 Å². The summed E-state index contributed by atoms with van der Waals surface area (Å²) in [5.74, 6) is 1.17. The van der Waals surface area contributed by atoms with Crippen LogP contribution in [-0.2, 0) is 0 Å². The lowest BCUT2D eigenvalue weighted by atomic mass is 10.1. The minimum Gasteiger partial charge on any atom is -0.322 e. The van der Waals surface area contributed by atoms with Crippen LogP contribution in [0.1, 0.15) is 15.9 Å². The molecule has 0 aliphatic rings. The fraction of sp³-hybridized carbons (Fsp3) is 0. The van der Waals surface area contributed by atoms with Gasteiger partial charge in [0.15, 0.2) is 0 Å². The first kappa shape index (κ1) is 13.1. The molecule has 0 fully saturated rings. The molecule has 2 rings (SSSR count). The summed E-state index contributed by atoms with van der Waals surface area (Å²) in [5, 5.41) is 2.62. The van der Waals surface area contributed by atoms with Gasteiger partial charge in [0.2, 0.25) is 0 Å². The van der Waals surface area contributed by atoms with Crippen molar-refractivity contribution in [2.45, 2.75) is 0 Å². The number of anilines is 1. The minimum atomic E-state index is -0.668. The standard InChI is InChI=1S/C15H9ClFNO/c1-2-10-5-3-6-11(9-10)18-15(19)14-12(16)7-4-8-13(14)17/h1,3-9H,(H,18,19). The Morgan fingerprint density at radius 3 is 2.68 bits per heavy atom. The summed E-state index contributed by atoms with van der Waals surface area (Å²) in [6.07, 6.45) is 5.27. The maximum absolute atomic E-state index is 13.6. The Balaban J connectivity index is 2.29. The van der Waals surface area contributed by atoms with E-state index in [-0.39, 0.29) is 10.6 Å². The zero-order valence-electron chi connectivity index (χ0n) is 9.78. The third-order valence-electron chi connectivity index (χ3n) is 2.48. The molecule has 0 unspecified atom stereocenters. The molecule has 4 heteroatoms. The zero-order valence-corrected chi connectivity index (χ0v) is 10.5. The van der Waals surface area contributed by atoms with E-state index in [9.17, 15) is 9.18 Å². The van der Waals surface area contributed by atoms with Crippen LogP contribution >= 0.6 is 11.6 Å². The summed E-state index contributed by atoms with van der Waals surface area (Å²) in [6.45, 7) is 0. The van der Waals surface area contributed by atoms with Crippen molar-refractivity contribution < 1.29 is 9.18 Å². The maximum atomic E-state index is 13.6. The molecule has 0 saturated carbocycles. The van der Waals surface area contributed by atoms with E-state index in [0.29, 0.717) is 11.3 Å². The molecule has 0 aliphatic heterocycles. The second-order valence-corrected chi connectivity index (χ2v) is 4.18. The zero-order chi connectivity index (χ0) is 13.8. The topological polar surface area (TPSA) is 29.1 Å². The summed E-state index contributed by atoms with van der Waals surface area (Å²) in [7, 11) is 0. The molecular formula is C15H9ClFNO. The molecule has 0 aliphatic carbocycles. The normalized spacial score (nSPS) is 9.74. The van der Waals surface area contributed by atoms with Gasteiger partial charge in [-0.15, -0.1) is 6.42 Å². The number of halogens is 2. The highest BCUT2D eigenvalue weighted by Crippen LogP contribution is 2.20. The number of hydrogen-bond donors (Lipinski definition) is 1. The van der Waals surface area contributed by atoms with E-state index >= 15 is 0 Å². The molecule has 94 valence electrons. The number of terminal acetylenes is 1. The Hall–Kier alpha value is -2.31. The van der Waals surface area contributed by atoms with Crippen LogP contribution in [0.5, 0.6) is 0 Å². The maximum Gasteiger partial charge on any atom is 0.260 e. The van der Waals surface area contributed by atoms with Crippen molar-refractivity contribution in [3.05, 3.63) is 64.4 Å². The Bertz CT molecular complexity index is 656. The van der Waals surface area contributed by atoms with Gasteiger partial charge in [0.25, 0.3) is 5.91 Å². The first-order valence-corrected chi connectivity index (χ1v) is 5.81. The molecule has 0 saturated heterocycles. The lowest BCUT2D eigenvalue weighted by Crippen LogP contribution is -2.14. The molecule has 1 amide bonds. The van der Waals surface area contributed by atoms with Crippen molar-refractivity contribution in [1.82, 2.24) is 0 Å². The van der Waals surface area contributed by atoms with Gasteiger partial charge in [0, 0.05) is 11.3 Å². The van der Waals surface area contributed by atoms with Crippen LogP contribution in [0, 0.1) is 18.2 Å². The summed E-state index contributed by atoms with van der Waals surface area (Å²) in [6, 6.07) is 10.8. The second kappa shape index (κ2) is 5.55. The molecule has 1 N–H and O–H groups in total. The van der Waals surface area contributed by atoms with Gasteiger partial charge in [-0.2, -0.15) is 0 Å². The van der Waals surface area contributed by atoms with Gasteiger partial charge in [-0.3, -0.25) is 4.79 Å². The molecule has 2 aromatic rings. The monoisotopic (exact) mass is 273 g/mol. The number of nitrogens with one attached hydrogen (secondary N) is 1. The molecule has 0 atom stereocenters. The van der Waals surface area contributed by atoms with Crippen LogP contribution in [0.3, 0.4) is 0 Å². The van der Waals surface area contributed by atoms with Crippen LogP contribution < -0.4 is 5.32 Å². The molecular weight excluding hydrogens is 265 g/mol. The fourth-order valence-electron chi connectivity index (χ4n) is 1.60. The average Bonchev–Trinajstić information content (AvgIpc) is 2.38. The predicted octanol–water partition coefficient (Wildman–Crippen LogP) is 3.71. The largest absolute Gasteiger partial charge is 0.322 e. The number of carbonyl (C=O) groups excluding carboxylic acids is 1. The van der Waals surface area contributed by atoms with Crippen molar-refractivity contribution in [3.8, 4) is 12.3 Å². The summed E-state index contributed by atoms with van der Waals surface area (Å²) < 4.78 is 13.6. The molecule has 0 spiro atoms. The van der Waals surface area contributed by atoms with Gasteiger partial charge in [0.05, 0.1) is 10.6 Å². The highest BCUT2D eigenvalue weighted by molar-refractivity contribution is 6.34. The van der Waals surface area contributed by atoms with Crippen LogP contribution in [0.25, 0.3) is 0 Å². The SMILES string of the molecule is C#Cc1cccc(NC(=O)c2c(F)cccc2Cl)c1. The predicted molar refractivity (Wildman–Crippen MR) is 73.7 cm³/mol. The first-order valence-electron chi connectivity index (χ1n) is 5.44. The van der Waals surface area contributed by atoms with E-state index < -0.39 is 11.7 Å². The van der Waals surface area contributed by atoms with Crippen molar-refractivity contribution >= 4 is 23.2 Å². The van der Waals surface area contributed by atoms with Gasteiger partial charge in [0.1, 0.15) is 5.82 Å². The Morgan fingerprint density at radius 2 is 2.00 bits per heavy atom. The van der Waals surface area contributed by atoms with Gasteiger partial charge >= 0.3 is 0 Å². The molecule has 2 nitrogen and oxygen atoms in total. The average molecular weight is 274 g/mol. The summed E-state index contributed by atoms with van der Waals surface area (Å²) in [5.41, 5.74) is 0.924. The third-order valence-corrected chi connectivity index (χ3v) is 2.79. The number of amides is 1. The van der Waals surface area contributed by atoms with Gasteiger partial charge in [-0.25, -0.2) is 4.39 Å². The van der Waals surface area contributed by atoms with Crippen LogP contribution in [0.4, 0.5) is 10.1 Å². The lowest BCUT2D eigenvalue weighted by molar-refractivity contribution is 0.102. The van der Waals surface area contributed by atoms with Crippen molar-refractivity contribution in [1.29, 1.82) is 0 Å². The highest BCUT2D eigenvalue weighted by atomic mass is 35.5. The van der Waals surface area contributed by atoms with Gasteiger partial charge in [-0.05, 0) is 30.3 Å². The second-order valence-electron chi connectivity index (χ2n) is 3.78. The summed E-state index contributed by atoms with van der Waals surface area (Å²) in [4.78, 5) is 12.0. The van der Waals surface area contributed by atoms with E-state index in [1.807, 2.05) is 0 Å². The smallest absolute Gasteiger partial charge is 0.260 e. The van der Waals surface area contributed by atoms with Crippen molar-refractivity contribution in [3.63, 3.8) is 0 Å². The van der Waals surface area contributed by atoms with E-state index in [0.717, 1.165) is 0 Å². The highest BCUT2D eigenvalue weighted by Gasteiger charge is 2.15. The lowest BCUT2D eigenvalue weighted by Gasteiger charge is -2.08. The van der Waals surface area contributed by atoms with E-state index in [1.54, 1.807) is 24.3 Å². The number of hydrogen-bond acceptors (Lipinski definition) is 1. The molecule has 0 heterocycles. The van der Waals surface area contributed by atoms with E-state index in [4.69, 9.17) is 18.0 Å². The number of rotatable bonds is 2. The van der Waals surface area contributed by atoms with Crippen molar-refractivity contribution in [2.24, 2.45) is 0 Å². The Labute approximate surface area is 115 Å². The Morgan fingerprint density at radius 1 is 1.26 bits per heavy atom. The van der Waals surface area contributed by atoms with E-state index in [1.165, 1.54) is 18.2 Å². The molecule has 0 radical (unpaired) electrons. The summed E-state index contributed by atoms with van der Waals surface area (Å²) >= 11 is 5.82. The van der Waals surface area contributed by atoms with Crippen molar-refractivity contribution in [2.75, 3.05) is 5.32 Å². The number of benzene rings is 2. The molecule has 0 bridgehead atoms. The molecule has 19 heavy (non-hydrogen) atoms. The van der Waals surface area contributed by atoms with Crippen LogP contribution in [-0.4, -0.2) is 5.91 Å². The third kappa shape index (κ3) is 2.93. The van der Waals surface area contributed by atoms with E-state index in [2.05, 4.69) is 11.2 Å². The minimum absolute atomic E-state index is 0.0607. The number of carbonyl (C=O) groups is 1. The fourth-order valence-corrected chi connectivity index (χ4v) is 1.84.